The predicted octanol–water partition coefficient (Wildman–Crippen LogP) is 4.68. The van der Waals surface area contributed by atoms with E-state index in [1.54, 1.807) is 49.4 Å². The van der Waals surface area contributed by atoms with Crippen LogP contribution in [0.25, 0.3) is 6.08 Å². The molecule has 4 aliphatic rings. The highest BCUT2D eigenvalue weighted by Crippen LogP contribution is 2.57. The number of benzene rings is 2. The lowest BCUT2D eigenvalue weighted by Gasteiger charge is -2.42. The van der Waals surface area contributed by atoms with Gasteiger partial charge in [-0.15, -0.1) is 0 Å². The van der Waals surface area contributed by atoms with Crippen molar-refractivity contribution >= 4 is 35.1 Å². The van der Waals surface area contributed by atoms with Gasteiger partial charge in [-0.1, -0.05) is 42.5 Å². The fourth-order valence-corrected chi connectivity index (χ4v) is 6.73. The summed E-state index contributed by atoms with van der Waals surface area (Å²) in [6.07, 6.45) is 5.44. The standard InChI is InChI=1S/C32H27NO6/c1-4-17-8-10-18(11-9-17)33-31(37)20-13-12-19-21(26(20)32(33)38)15-22-27(24(35)14-16(2)30(22)36)28(19)29-23(34)6-5-7-25(29)39-3/h4-12,14,20-21,26,28,34H,1,13,15H2,2-3H3/t20-,21+,26-,28-/m0/s1. The van der Waals surface area contributed by atoms with Crippen molar-refractivity contribution in [1.29, 1.82) is 0 Å². The van der Waals surface area contributed by atoms with E-state index in [9.17, 15) is 24.3 Å². The Bertz CT molecular complexity index is 1570. The lowest BCUT2D eigenvalue weighted by Crippen LogP contribution is -2.40. The van der Waals surface area contributed by atoms with E-state index in [1.165, 1.54) is 24.2 Å². The molecule has 3 aliphatic carbocycles. The van der Waals surface area contributed by atoms with Crippen LogP contribution in [0.15, 0.2) is 83.5 Å². The van der Waals surface area contributed by atoms with E-state index in [0.29, 0.717) is 40.1 Å². The number of phenols is 1. The molecule has 1 fully saturated rings. The number of anilines is 1. The largest absolute Gasteiger partial charge is 0.507 e. The van der Waals surface area contributed by atoms with E-state index < -0.39 is 23.7 Å². The molecule has 4 atom stereocenters. The van der Waals surface area contributed by atoms with Gasteiger partial charge in [0.15, 0.2) is 11.6 Å². The number of nitrogens with zero attached hydrogens (tertiary/aromatic N) is 1. The van der Waals surface area contributed by atoms with Crippen molar-refractivity contribution in [3.05, 3.63) is 94.6 Å². The maximum atomic E-state index is 14.0. The van der Waals surface area contributed by atoms with Gasteiger partial charge in [-0.25, -0.2) is 0 Å². The summed E-state index contributed by atoms with van der Waals surface area (Å²) in [6, 6.07) is 11.9. The number of ether oxygens (including phenoxy) is 1. The van der Waals surface area contributed by atoms with Crippen molar-refractivity contribution in [3.8, 4) is 11.5 Å². The van der Waals surface area contributed by atoms with Crippen molar-refractivity contribution in [3.63, 3.8) is 0 Å². The third-order valence-corrected chi connectivity index (χ3v) is 8.50. The number of allylic oxidation sites excluding steroid dienone is 6. The summed E-state index contributed by atoms with van der Waals surface area (Å²) < 4.78 is 5.58. The molecule has 1 heterocycles. The Morgan fingerprint density at radius 3 is 2.46 bits per heavy atom. The third kappa shape index (κ3) is 3.56. The first-order valence-electron chi connectivity index (χ1n) is 12.9. The van der Waals surface area contributed by atoms with Gasteiger partial charge in [0.2, 0.25) is 11.8 Å². The number of Topliss-reactive ketones (excluding diaryl/α,β-unsaturated/α-hetero) is 1. The molecule has 1 aliphatic heterocycles. The number of phenolic OH excluding ortho intramolecular Hbond substituents is 1. The van der Waals surface area contributed by atoms with E-state index in [2.05, 4.69) is 6.58 Å². The summed E-state index contributed by atoms with van der Waals surface area (Å²) in [5, 5.41) is 11.0. The minimum absolute atomic E-state index is 0.0702. The Labute approximate surface area is 225 Å². The summed E-state index contributed by atoms with van der Waals surface area (Å²) >= 11 is 0. The number of imide groups is 1. The monoisotopic (exact) mass is 521 g/mol. The molecule has 0 unspecified atom stereocenters. The average Bonchev–Trinajstić information content (AvgIpc) is 3.20. The average molecular weight is 522 g/mol. The summed E-state index contributed by atoms with van der Waals surface area (Å²) in [5.41, 5.74) is 3.48. The minimum Gasteiger partial charge on any atom is -0.507 e. The van der Waals surface area contributed by atoms with Gasteiger partial charge < -0.3 is 9.84 Å². The SMILES string of the molecule is C=Cc1ccc(N2C(=O)[C@H]3[C@H](CC=C4[C@H](c5c(O)cccc5OC)C5=C(C[C@H]43)C(=O)C(C)=CC5=O)C2=O)cc1. The molecular formula is C32H27NO6. The van der Waals surface area contributed by atoms with Gasteiger partial charge in [-0.2, -0.15) is 0 Å². The zero-order chi connectivity index (χ0) is 27.6. The molecule has 0 saturated carbocycles. The second-order valence-electron chi connectivity index (χ2n) is 10.4. The van der Waals surface area contributed by atoms with Gasteiger partial charge in [0.05, 0.1) is 24.6 Å². The minimum atomic E-state index is -0.777. The molecule has 6 rings (SSSR count). The van der Waals surface area contributed by atoms with Crippen LogP contribution in [0.5, 0.6) is 11.5 Å². The summed E-state index contributed by atoms with van der Waals surface area (Å²) in [7, 11) is 1.48. The lowest BCUT2D eigenvalue weighted by atomic mass is 9.59. The molecule has 2 aromatic carbocycles. The second kappa shape index (κ2) is 9.05. The fraction of sp³-hybridized carbons (Fsp3) is 0.250. The van der Waals surface area contributed by atoms with Crippen LogP contribution < -0.4 is 9.64 Å². The van der Waals surface area contributed by atoms with Gasteiger partial charge >= 0.3 is 0 Å². The molecule has 2 amide bonds. The fourth-order valence-electron chi connectivity index (χ4n) is 6.73. The lowest BCUT2D eigenvalue weighted by molar-refractivity contribution is -0.123. The Balaban J connectivity index is 1.50. The number of carbonyl (C=O) groups excluding carboxylic acids is 4. The smallest absolute Gasteiger partial charge is 0.238 e. The first-order chi connectivity index (χ1) is 18.8. The molecule has 7 nitrogen and oxygen atoms in total. The number of fused-ring (bicyclic) bond motifs is 3. The summed E-state index contributed by atoms with van der Waals surface area (Å²) in [6.45, 7) is 5.36. The van der Waals surface area contributed by atoms with Crippen LogP contribution in [-0.4, -0.2) is 35.6 Å². The summed E-state index contributed by atoms with van der Waals surface area (Å²) in [4.78, 5) is 55.6. The number of carbonyl (C=O) groups is 4. The Kier molecular flexibility index (Phi) is 5.75. The second-order valence-corrected chi connectivity index (χ2v) is 10.4. The normalized spacial score (nSPS) is 26.1. The first-order valence-corrected chi connectivity index (χ1v) is 12.9. The highest BCUT2D eigenvalue weighted by Gasteiger charge is 2.57. The maximum absolute atomic E-state index is 14.0. The maximum Gasteiger partial charge on any atom is 0.238 e. The van der Waals surface area contributed by atoms with E-state index in [-0.39, 0.29) is 35.6 Å². The number of methoxy groups -OCH3 is 1. The topological polar surface area (TPSA) is 101 Å². The molecule has 39 heavy (non-hydrogen) atoms. The molecule has 2 aromatic rings. The van der Waals surface area contributed by atoms with E-state index in [4.69, 9.17) is 4.74 Å². The summed E-state index contributed by atoms with van der Waals surface area (Å²) in [5.74, 6) is -3.38. The number of aromatic hydroxyl groups is 1. The van der Waals surface area contributed by atoms with Crippen molar-refractivity contribution in [2.24, 2.45) is 17.8 Å². The Hall–Kier alpha value is -4.52. The highest BCUT2D eigenvalue weighted by atomic mass is 16.5. The van der Waals surface area contributed by atoms with Crippen molar-refractivity contribution in [2.75, 3.05) is 12.0 Å². The number of ketones is 2. The molecule has 0 spiro atoms. The van der Waals surface area contributed by atoms with E-state index in [0.717, 1.165) is 11.1 Å². The van der Waals surface area contributed by atoms with Crippen molar-refractivity contribution in [2.45, 2.75) is 25.7 Å². The third-order valence-electron chi connectivity index (χ3n) is 8.50. The molecular weight excluding hydrogens is 494 g/mol. The quantitative estimate of drug-likeness (QED) is 0.356. The van der Waals surface area contributed by atoms with Gasteiger partial charge in [-0.05, 0) is 61.6 Å². The number of amides is 2. The molecule has 0 bridgehead atoms. The van der Waals surface area contributed by atoms with Gasteiger partial charge in [0.25, 0.3) is 0 Å². The Morgan fingerprint density at radius 1 is 1.03 bits per heavy atom. The van der Waals surface area contributed by atoms with Crippen LogP contribution >= 0.6 is 0 Å². The van der Waals surface area contributed by atoms with Gasteiger partial charge in [0, 0.05) is 28.2 Å². The van der Waals surface area contributed by atoms with Crippen LogP contribution in [0.2, 0.25) is 0 Å². The zero-order valence-corrected chi connectivity index (χ0v) is 21.6. The number of hydrogen-bond acceptors (Lipinski definition) is 6. The number of hydrogen-bond donors (Lipinski definition) is 1. The zero-order valence-electron chi connectivity index (χ0n) is 21.6. The molecule has 0 radical (unpaired) electrons. The van der Waals surface area contributed by atoms with Crippen LogP contribution in [0, 0.1) is 17.8 Å². The molecule has 1 saturated heterocycles. The molecule has 196 valence electrons. The van der Waals surface area contributed by atoms with Crippen LogP contribution in [-0.2, 0) is 19.2 Å². The van der Waals surface area contributed by atoms with Crippen molar-refractivity contribution < 1.29 is 29.0 Å². The van der Waals surface area contributed by atoms with Crippen LogP contribution in [0.1, 0.15) is 36.8 Å². The van der Waals surface area contributed by atoms with Crippen LogP contribution in [0.4, 0.5) is 5.69 Å². The number of rotatable bonds is 4. The highest BCUT2D eigenvalue weighted by molar-refractivity contribution is 6.25. The van der Waals surface area contributed by atoms with Crippen molar-refractivity contribution in [1.82, 2.24) is 0 Å². The van der Waals surface area contributed by atoms with E-state index >= 15 is 0 Å². The van der Waals surface area contributed by atoms with Gasteiger partial charge in [-0.3, -0.25) is 24.1 Å². The van der Waals surface area contributed by atoms with E-state index in [1.807, 2.05) is 6.08 Å². The molecule has 7 heteroatoms. The molecule has 1 N–H and O–H groups in total. The Morgan fingerprint density at radius 2 is 1.77 bits per heavy atom. The van der Waals surface area contributed by atoms with Crippen LogP contribution in [0.3, 0.4) is 0 Å². The molecule has 0 aromatic heterocycles. The predicted molar refractivity (Wildman–Crippen MR) is 145 cm³/mol. The first kappa shape index (κ1) is 24.8. The van der Waals surface area contributed by atoms with Gasteiger partial charge in [0.1, 0.15) is 11.5 Å².